The fraction of sp³-hybridized carbons (Fsp3) is 0.643. The first kappa shape index (κ1) is 13.3. The highest BCUT2D eigenvalue weighted by Crippen LogP contribution is 2.30. The zero-order valence-electron chi connectivity index (χ0n) is 11.4. The molecule has 20 heavy (non-hydrogen) atoms. The van der Waals surface area contributed by atoms with E-state index in [0.29, 0.717) is 12.0 Å². The van der Waals surface area contributed by atoms with Gasteiger partial charge in [0.15, 0.2) is 0 Å². The van der Waals surface area contributed by atoms with Crippen molar-refractivity contribution in [1.29, 1.82) is 0 Å². The molecule has 2 aliphatic rings. The Hall–Kier alpha value is -1.69. The van der Waals surface area contributed by atoms with Crippen molar-refractivity contribution in [2.24, 2.45) is 5.92 Å². The van der Waals surface area contributed by atoms with Crippen LogP contribution in [0.3, 0.4) is 0 Å². The van der Waals surface area contributed by atoms with Crippen LogP contribution < -0.4 is 4.90 Å². The van der Waals surface area contributed by atoms with E-state index >= 15 is 0 Å². The molecule has 2 aliphatic heterocycles. The molecule has 0 saturated carbocycles. The average Bonchev–Trinajstić information content (AvgIpc) is 3.02. The third-order valence-electron chi connectivity index (χ3n) is 4.30. The number of hydrogen-bond acceptors (Lipinski definition) is 5. The number of piperidine rings is 1. The van der Waals surface area contributed by atoms with Gasteiger partial charge in [-0.3, -0.25) is 10.1 Å². The lowest BCUT2D eigenvalue weighted by molar-refractivity contribution is -0.385. The van der Waals surface area contributed by atoms with Crippen molar-refractivity contribution in [3.63, 3.8) is 0 Å². The Balaban J connectivity index is 1.58. The van der Waals surface area contributed by atoms with Gasteiger partial charge in [0.25, 0.3) is 5.69 Å². The molecule has 3 rings (SSSR count). The maximum Gasteiger partial charge on any atom is 0.287 e. The van der Waals surface area contributed by atoms with Crippen molar-refractivity contribution < 1.29 is 9.66 Å². The Bertz CT molecular complexity index is 463. The minimum Gasteiger partial charge on any atom is -0.378 e. The Labute approximate surface area is 117 Å². The van der Waals surface area contributed by atoms with Crippen molar-refractivity contribution in [1.82, 2.24) is 4.98 Å². The van der Waals surface area contributed by atoms with Crippen molar-refractivity contribution in [2.45, 2.75) is 31.8 Å². The number of rotatable bonds is 3. The number of hydrogen-bond donors (Lipinski definition) is 0. The predicted octanol–water partition coefficient (Wildman–Crippen LogP) is 2.39. The van der Waals surface area contributed by atoms with E-state index in [0.717, 1.165) is 38.4 Å². The molecule has 2 saturated heterocycles. The second kappa shape index (κ2) is 5.75. The van der Waals surface area contributed by atoms with E-state index < -0.39 is 4.92 Å². The SMILES string of the molecule is O=[N+]([O-])c1ccc(N2CCC(C3CCCO3)CC2)nc1. The molecule has 2 fully saturated rings. The second-order valence-electron chi connectivity index (χ2n) is 5.51. The molecule has 0 bridgehead atoms. The molecule has 6 nitrogen and oxygen atoms in total. The van der Waals surface area contributed by atoms with Gasteiger partial charge in [-0.2, -0.15) is 0 Å². The summed E-state index contributed by atoms with van der Waals surface area (Å²) < 4.78 is 5.77. The van der Waals surface area contributed by atoms with Crippen molar-refractivity contribution in [2.75, 3.05) is 24.6 Å². The first-order chi connectivity index (χ1) is 9.74. The molecule has 6 heteroatoms. The maximum absolute atomic E-state index is 10.6. The topological polar surface area (TPSA) is 68.5 Å². The molecule has 0 aromatic carbocycles. The van der Waals surface area contributed by atoms with Gasteiger partial charge in [0.05, 0.1) is 11.0 Å². The van der Waals surface area contributed by atoms with Crippen LogP contribution in [0.2, 0.25) is 0 Å². The number of ether oxygens (including phenoxy) is 1. The summed E-state index contributed by atoms with van der Waals surface area (Å²) in [5.74, 6) is 1.49. The van der Waals surface area contributed by atoms with Crippen LogP contribution in [0.15, 0.2) is 18.3 Å². The zero-order valence-corrected chi connectivity index (χ0v) is 11.4. The molecule has 0 amide bonds. The summed E-state index contributed by atoms with van der Waals surface area (Å²) in [4.78, 5) is 16.6. The predicted molar refractivity (Wildman–Crippen MR) is 74.8 cm³/mol. The third kappa shape index (κ3) is 2.75. The van der Waals surface area contributed by atoms with Crippen LogP contribution in [-0.4, -0.2) is 35.7 Å². The van der Waals surface area contributed by atoms with Crippen LogP contribution in [0.4, 0.5) is 11.5 Å². The van der Waals surface area contributed by atoms with E-state index in [1.54, 1.807) is 6.07 Å². The summed E-state index contributed by atoms with van der Waals surface area (Å²) in [5, 5.41) is 10.6. The van der Waals surface area contributed by atoms with Crippen LogP contribution in [0.25, 0.3) is 0 Å². The molecule has 0 N–H and O–H groups in total. The molecule has 0 radical (unpaired) electrons. The molecule has 1 atom stereocenters. The summed E-state index contributed by atoms with van der Waals surface area (Å²) in [6.07, 6.45) is 6.39. The lowest BCUT2D eigenvalue weighted by atomic mass is 9.90. The molecule has 1 aromatic heterocycles. The number of nitrogens with zero attached hydrogens (tertiary/aromatic N) is 3. The molecular weight excluding hydrogens is 258 g/mol. The van der Waals surface area contributed by atoms with Gasteiger partial charge in [0, 0.05) is 25.8 Å². The summed E-state index contributed by atoms with van der Waals surface area (Å²) in [6, 6.07) is 3.26. The lowest BCUT2D eigenvalue weighted by Gasteiger charge is -2.35. The quantitative estimate of drug-likeness (QED) is 0.626. The van der Waals surface area contributed by atoms with Gasteiger partial charge in [-0.15, -0.1) is 0 Å². The summed E-state index contributed by atoms with van der Waals surface area (Å²) in [5.41, 5.74) is 0.0444. The highest BCUT2D eigenvalue weighted by molar-refractivity contribution is 5.43. The minimum absolute atomic E-state index is 0.0444. The van der Waals surface area contributed by atoms with Gasteiger partial charge in [-0.25, -0.2) is 4.98 Å². The highest BCUT2D eigenvalue weighted by atomic mass is 16.6. The molecule has 3 heterocycles. The molecule has 0 aliphatic carbocycles. The fourth-order valence-corrected chi connectivity index (χ4v) is 3.15. The highest BCUT2D eigenvalue weighted by Gasteiger charge is 2.29. The third-order valence-corrected chi connectivity index (χ3v) is 4.30. The first-order valence-electron chi connectivity index (χ1n) is 7.21. The van der Waals surface area contributed by atoms with Gasteiger partial charge >= 0.3 is 0 Å². The normalized spacial score (nSPS) is 24.0. The maximum atomic E-state index is 10.6. The Morgan fingerprint density at radius 1 is 1.30 bits per heavy atom. The van der Waals surface area contributed by atoms with E-state index in [2.05, 4.69) is 9.88 Å². The standard InChI is InChI=1S/C14H19N3O3/c18-17(19)12-3-4-14(15-10-12)16-7-5-11(6-8-16)13-2-1-9-20-13/h3-4,10-11,13H,1-2,5-9H2. The second-order valence-corrected chi connectivity index (χ2v) is 5.51. The first-order valence-corrected chi connectivity index (χ1v) is 7.21. The van der Waals surface area contributed by atoms with Crippen molar-refractivity contribution in [3.8, 4) is 0 Å². The van der Waals surface area contributed by atoms with E-state index in [1.807, 2.05) is 0 Å². The fourth-order valence-electron chi connectivity index (χ4n) is 3.15. The van der Waals surface area contributed by atoms with Crippen LogP contribution in [-0.2, 0) is 4.74 Å². The minimum atomic E-state index is -0.416. The molecule has 0 spiro atoms. The van der Waals surface area contributed by atoms with Gasteiger partial charge < -0.3 is 9.64 Å². The van der Waals surface area contributed by atoms with Gasteiger partial charge in [0.1, 0.15) is 12.0 Å². The van der Waals surface area contributed by atoms with Crippen LogP contribution in [0, 0.1) is 16.0 Å². The molecular formula is C14H19N3O3. The zero-order chi connectivity index (χ0) is 13.9. The van der Waals surface area contributed by atoms with E-state index in [9.17, 15) is 10.1 Å². The number of aromatic nitrogens is 1. The number of anilines is 1. The van der Waals surface area contributed by atoms with E-state index in [1.165, 1.54) is 25.1 Å². The molecule has 1 unspecified atom stereocenters. The summed E-state index contributed by atoms with van der Waals surface area (Å²) >= 11 is 0. The largest absolute Gasteiger partial charge is 0.378 e. The van der Waals surface area contributed by atoms with Crippen molar-refractivity contribution >= 4 is 11.5 Å². The number of nitro groups is 1. The monoisotopic (exact) mass is 277 g/mol. The lowest BCUT2D eigenvalue weighted by Crippen LogP contribution is -2.38. The summed E-state index contributed by atoms with van der Waals surface area (Å²) in [6.45, 7) is 2.82. The van der Waals surface area contributed by atoms with Crippen LogP contribution >= 0.6 is 0 Å². The average molecular weight is 277 g/mol. The number of pyridine rings is 1. The Morgan fingerprint density at radius 3 is 2.65 bits per heavy atom. The van der Waals surface area contributed by atoms with Gasteiger partial charge in [-0.05, 0) is 37.7 Å². The van der Waals surface area contributed by atoms with Crippen LogP contribution in [0.5, 0.6) is 0 Å². The Morgan fingerprint density at radius 2 is 2.10 bits per heavy atom. The summed E-state index contributed by atoms with van der Waals surface area (Å²) in [7, 11) is 0. The van der Waals surface area contributed by atoms with E-state index in [-0.39, 0.29) is 5.69 Å². The molecule has 1 aromatic rings. The van der Waals surface area contributed by atoms with Gasteiger partial charge in [-0.1, -0.05) is 0 Å². The van der Waals surface area contributed by atoms with Crippen molar-refractivity contribution in [3.05, 3.63) is 28.4 Å². The smallest absolute Gasteiger partial charge is 0.287 e. The molecule has 108 valence electrons. The van der Waals surface area contributed by atoms with E-state index in [4.69, 9.17) is 4.74 Å². The van der Waals surface area contributed by atoms with Gasteiger partial charge in [0.2, 0.25) is 0 Å². The van der Waals surface area contributed by atoms with Crippen LogP contribution in [0.1, 0.15) is 25.7 Å². The Kier molecular flexibility index (Phi) is 3.82.